The summed E-state index contributed by atoms with van der Waals surface area (Å²) < 4.78 is 5.48. The maximum atomic E-state index is 12.7. The number of aromatic nitrogens is 1. The largest absolute Gasteiger partial charge is 0.446 e. The van der Waals surface area contributed by atoms with Crippen LogP contribution < -0.4 is 11.1 Å². The molecular formula is C24H23N3O2. The molecule has 1 amide bonds. The molecule has 0 saturated heterocycles. The van der Waals surface area contributed by atoms with Gasteiger partial charge < -0.3 is 15.5 Å². The van der Waals surface area contributed by atoms with E-state index in [4.69, 9.17) is 10.2 Å². The van der Waals surface area contributed by atoms with Crippen LogP contribution in [0.25, 0.3) is 10.8 Å². The number of nitrogens with one attached hydrogen (secondary N) is 1. The van der Waals surface area contributed by atoms with Gasteiger partial charge in [0.05, 0.1) is 12.1 Å². The van der Waals surface area contributed by atoms with Gasteiger partial charge in [0.1, 0.15) is 6.26 Å². The highest BCUT2D eigenvalue weighted by molar-refractivity contribution is 5.93. The predicted molar refractivity (Wildman–Crippen MR) is 113 cm³/mol. The molecular weight excluding hydrogens is 362 g/mol. The van der Waals surface area contributed by atoms with E-state index in [1.807, 2.05) is 61.5 Å². The van der Waals surface area contributed by atoms with Crippen LogP contribution >= 0.6 is 0 Å². The van der Waals surface area contributed by atoms with Crippen LogP contribution in [0.3, 0.4) is 0 Å². The van der Waals surface area contributed by atoms with Crippen LogP contribution in [0.5, 0.6) is 0 Å². The number of hydrogen-bond donors (Lipinski definition) is 2. The molecule has 2 unspecified atom stereocenters. The van der Waals surface area contributed by atoms with Crippen molar-refractivity contribution in [2.24, 2.45) is 5.73 Å². The summed E-state index contributed by atoms with van der Waals surface area (Å²) in [6, 6.07) is 23.5. The molecule has 0 saturated carbocycles. The number of carbonyl (C=O) groups is 1. The van der Waals surface area contributed by atoms with E-state index >= 15 is 0 Å². The molecule has 1 aromatic heterocycles. The molecule has 3 N–H and O–H groups in total. The highest BCUT2D eigenvalue weighted by Crippen LogP contribution is 2.24. The monoisotopic (exact) mass is 385 g/mol. The van der Waals surface area contributed by atoms with Crippen LogP contribution in [0, 0.1) is 0 Å². The second kappa shape index (κ2) is 8.29. The topological polar surface area (TPSA) is 81.2 Å². The Bertz CT molecular complexity index is 1120. The summed E-state index contributed by atoms with van der Waals surface area (Å²) in [5.74, 6) is 0.0733. The fraction of sp³-hybridized carbons (Fsp3) is 0.167. The first kappa shape index (κ1) is 18.9. The van der Waals surface area contributed by atoms with Gasteiger partial charge in [-0.2, -0.15) is 0 Å². The van der Waals surface area contributed by atoms with E-state index in [0.717, 1.165) is 21.9 Å². The number of amides is 1. The van der Waals surface area contributed by atoms with Crippen LogP contribution in [0.1, 0.15) is 46.5 Å². The summed E-state index contributed by atoms with van der Waals surface area (Å²) in [6.07, 6.45) is 1.96. The lowest BCUT2D eigenvalue weighted by molar-refractivity contribution is 0.0935. The van der Waals surface area contributed by atoms with E-state index in [1.165, 1.54) is 6.26 Å². The maximum absolute atomic E-state index is 12.7. The van der Waals surface area contributed by atoms with E-state index in [1.54, 1.807) is 0 Å². The van der Waals surface area contributed by atoms with Crippen LogP contribution in [0.4, 0.5) is 0 Å². The van der Waals surface area contributed by atoms with Gasteiger partial charge in [-0.25, -0.2) is 4.98 Å². The van der Waals surface area contributed by atoms with Gasteiger partial charge in [0.2, 0.25) is 5.89 Å². The molecule has 1 heterocycles. The SMILES string of the molecule is CC(NC(=O)c1coc(C(N)Cc2ccccc2)n1)c1cccc2ccccc12. The van der Waals surface area contributed by atoms with Gasteiger partial charge in [-0.3, -0.25) is 4.79 Å². The van der Waals surface area contributed by atoms with Crippen molar-refractivity contribution in [1.29, 1.82) is 0 Å². The Balaban J connectivity index is 1.46. The zero-order valence-electron chi connectivity index (χ0n) is 16.2. The van der Waals surface area contributed by atoms with E-state index in [2.05, 4.69) is 28.5 Å². The van der Waals surface area contributed by atoms with Gasteiger partial charge >= 0.3 is 0 Å². The maximum Gasteiger partial charge on any atom is 0.273 e. The van der Waals surface area contributed by atoms with Crippen LogP contribution in [0.2, 0.25) is 0 Å². The van der Waals surface area contributed by atoms with Crippen molar-refractivity contribution in [3.8, 4) is 0 Å². The molecule has 0 aliphatic heterocycles. The molecule has 3 aromatic carbocycles. The molecule has 0 radical (unpaired) electrons. The fourth-order valence-corrected chi connectivity index (χ4v) is 3.49. The third-order valence-corrected chi connectivity index (χ3v) is 5.01. The van der Waals surface area contributed by atoms with Crippen LogP contribution in [-0.4, -0.2) is 10.9 Å². The Hall–Kier alpha value is -3.44. The standard InChI is InChI=1S/C24H23N3O2/c1-16(19-13-7-11-18-10-5-6-12-20(18)19)26-23(28)22-15-29-24(27-22)21(25)14-17-8-3-2-4-9-17/h2-13,15-16,21H,14,25H2,1H3,(H,26,28). The van der Waals surface area contributed by atoms with Crippen LogP contribution in [-0.2, 0) is 6.42 Å². The molecule has 2 atom stereocenters. The lowest BCUT2D eigenvalue weighted by atomic mass is 9.99. The molecule has 0 aliphatic carbocycles. The molecule has 4 rings (SSSR count). The number of hydrogen-bond acceptors (Lipinski definition) is 4. The van der Waals surface area contributed by atoms with Crippen molar-refractivity contribution in [2.75, 3.05) is 0 Å². The molecule has 0 bridgehead atoms. The molecule has 0 aliphatic rings. The first-order chi connectivity index (χ1) is 14.1. The third kappa shape index (κ3) is 4.20. The minimum absolute atomic E-state index is 0.174. The minimum Gasteiger partial charge on any atom is -0.446 e. The Kier molecular flexibility index (Phi) is 5.40. The Labute approximate surface area is 169 Å². The summed E-state index contributed by atoms with van der Waals surface area (Å²) in [5.41, 5.74) is 8.59. The average molecular weight is 385 g/mol. The molecule has 5 nitrogen and oxygen atoms in total. The highest BCUT2D eigenvalue weighted by Gasteiger charge is 2.19. The third-order valence-electron chi connectivity index (χ3n) is 5.01. The van der Waals surface area contributed by atoms with Crippen molar-refractivity contribution in [2.45, 2.75) is 25.4 Å². The van der Waals surface area contributed by atoms with Gasteiger partial charge in [0, 0.05) is 0 Å². The summed E-state index contributed by atoms with van der Waals surface area (Å²) in [4.78, 5) is 17.0. The summed E-state index contributed by atoms with van der Waals surface area (Å²) in [6.45, 7) is 1.96. The zero-order valence-corrected chi connectivity index (χ0v) is 16.2. The zero-order chi connectivity index (χ0) is 20.2. The molecule has 146 valence electrons. The van der Waals surface area contributed by atoms with Crippen LogP contribution in [0.15, 0.2) is 83.5 Å². The van der Waals surface area contributed by atoms with Crippen molar-refractivity contribution in [1.82, 2.24) is 10.3 Å². The number of rotatable bonds is 6. The lowest BCUT2D eigenvalue weighted by Crippen LogP contribution is -2.27. The van der Waals surface area contributed by atoms with E-state index in [-0.39, 0.29) is 17.6 Å². The van der Waals surface area contributed by atoms with Gasteiger partial charge in [-0.15, -0.1) is 0 Å². The molecule has 5 heteroatoms. The summed E-state index contributed by atoms with van der Waals surface area (Å²) in [5, 5.41) is 5.26. The second-order valence-corrected chi connectivity index (χ2v) is 7.13. The first-order valence-corrected chi connectivity index (χ1v) is 9.65. The number of fused-ring (bicyclic) bond motifs is 1. The number of benzene rings is 3. The average Bonchev–Trinajstić information content (AvgIpc) is 3.25. The molecule has 0 fully saturated rings. The Morgan fingerprint density at radius 3 is 2.59 bits per heavy atom. The summed E-state index contributed by atoms with van der Waals surface area (Å²) in [7, 11) is 0. The van der Waals surface area contributed by atoms with E-state index in [0.29, 0.717) is 12.3 Å². The normalized spacial score (nSPS) is 13.2. The lowest BCUT2D eigenvalue weighted by Gasteiger charge is -2.16. The van der Waals surface area contributed by atoms with Crippen molar-refractivity contribution >= 4 is 16.7 Å². The second-order valence-electron chi connectivity index (χ2n) is 7.13. The molecule has 4 aromatic rings. The van der Waals surface area contributed by atoms with Crippen molar-refractivity contribution in [3.63, 3.8) is 0 Å². The minimum atomic E-state index is -0.408. The van der Waals surface area contributed by atoms with Gasteiger partial charge in [-0.1, -0.05) is 72.8 Å². The number of nitrogens with two attached hydrogens (primary N) is 1. The van der Waals surface area contributed by atoms with Gasteiger partial charge in [0.25, 0.3) is 5.91 Å². The smallest absolute Gasteiger partial charge is 0.273 e. The highest BCUT2D eigenvalue weighted by atomic mass is 16.3. The van der Waals surface area contributed by atoms with Crippen molar-refractivity contribution < 1.29 is 9.21 Å². The van der Waals surface area contributed by atoms with Gasteiger partial charge in [-0.05, 0) is 35.2 Å². The summed E-state index contributed by atoms with van der Waals surface area (Å²) >= 11 is 0. The number of oxazole rings is 1. The quantitative estimate of drug-likeness (QED) is 0.510. The Morgan fingerprint density at radius 2 is 1.76 bits per heavy atom. The van der Waals surface area contributed by atoms with Crippen molar-refractivity contribution in [3.05, 3.63) is 102 Å². The molecule has 29 heavy (non-hydrogen) atoms. The number of carbonyl (C=O) groups excluding carboxylic acids is 1. The Morgan fingerprint density at radius 1 is 1.03 bits per heavy atom. The van der Waals surface area contributed by atoms with E-state index in [9.17, 15) is 4.79 Å². The van der Waals surface area contributed by atoms with E-state index < -0.39 is 6.04 Å². The number of nitrogens with zero attached hydrogens (tertiary/aromatic N) is 1. The fourth-order valence-electron chi connectivity index (χ4n) is 3.49. The van der Waals surface area contributed by atoms with Gasteiger partial charge in [0.15, 0.2) is 5.69 Å². The first-order valence-electron chi connectivity index (χ1n) is 9.65. The predicted octanol–water partition coefficient (Wildman–Crippen LogP) is 4.56. The molecule has 0 spiro atoms.